The zero-order chi connectivity index (χ0) is 32.6. The highest BCUT2D eigenvalue weighted by Gasteiger charge is 2.17. The average Bonchev–Trinajstić information content (AvgIpc) is 3.52. The molecule has 1 heteroatoms. The lowest BCUT2D eigenvalue weighted by Gasteiger charge is -2.12. The minimum Gasteiger partial charge on any atom is -0.309 e. The lowest BCUT2D eigenvalue weighted by Crippen LogP contribution is -1.94. The maximum Gasteiger partial charge on any atom is 0.0541 e. The topological polar surface area (TPSA) is 4.93 Å². The minimum absolute atomic E-state index is 1.15. The highest BCUT2D eigenvalue weighted by Crippen LogP contribution is 2.41. The van der Waals surface area contributed by atoms with Crippen LogP contribution in [-0.2, 0) is 0 Å². The molecule has 0 fully saturated rings. The van der Waals surface area contributed by atoms with Crippen molar-refractivity contribution in [1.82, 2.24) is 4.57 Å². The Morgan fingerprint density at radius 2 is 0.571 bits per heavy atom. The third kappa shape index (κ3) is 5.23. The van der Waals surface area contributed by atoms with E-state index in [9.17, 15) is 0 Å². The molecule has 9 aromatic rings. The Morgan fingerprint density at radius 3 is 1.00 bits per heavy atom. The molecule has 0 spiro atoms. The zero-order valence-electron chi connectivity index (χ0n) is 27.0. The van der Waals surface area contributed by atoms with Crippen LogP contribution in [0, 0.1) is 0 Å². The SMILES string of the molecule is c1ccc(-c2ccc(-n3c4ccc(-c5ccccc5-c5ccccc5)cc4c4cc(-c5ccccc5-c5ccccc5)ccc43)cc2)cc1. The number of hydrogen-bond acceptors (Lipinski definition) is 0. The van der Waals surface area contributed by atoms with Gasteiger partial charge in [-0.3, -0.25) is 0 Å². The molecule has 0 atom stereocenters. The van der Waals surface area contributed by atoms with Crippen LogP contribution in [0.15, 0.2) is 200 Å². The Kier molecular flexibility index (Phi) is 7.22. The van der Waals surface area contributed by atoms with Crippen molar-refractivity contribution in [2.24, 2.45) is 0 Å². The van der Waals surface area contributed by atoms with E-state index in [1.807, 2.05) is 0 Å². The second-order valence-corrected chi connectivity index (χ2v) is 12.5. The summed E-state index contributed by atoms with van der Waals surface area (Å²) in [5, 5.41) is 2.48. The summed E-state index contributed by atoms with van der Waals surface area (Å²) in [6.45, 7) is 0. The molecule has 8 aromatic carbocycles. The molecule has 0 bridgehead atoms. The fourth-order valence-corrected chi connectivity index (χ4v) is 7.28. The number of fused-ring (bicyclic) bond motifs is 3. The monoisotopic (exact) mass is 623 g/mol. The van der Waals surface area contributed by atoms with E-state index in [1.165, 1.54) is 77.4 Å². The van der Waals surface area contributed by atoms with Crippen LogP contribution in [0.4, 0.5) is 0 Å². The largest absolute Gasteiger partial charge is 0.309 e. The molecule has 0 amide bonds. The van der Waals surface area contributed by atoms with Crippen LogP contribution in [0.25, 0.3) is 83.1 Å². The zero-order valence-corrected chi connectivity index (χ0v) is 27.0. The molecule has 0 unspecified atom stereocenters. The van der Waals surface area contributed by atoms with Crippen LogP contribution < -0.4 is 0 Å². The van der Waals surface area contributed by atoms with Gasteiger partial charge in [-0.05, 0) is 92.0 Å². The van der Waals surface area contributed by atoms with E-state index >= 15 is 0 Å². The summed E-state index contributed by atoms with van der Waals surface area (Å²) in [7, 11) is 0. The molecule has 0 saturated heterocycles. The van der Waals surface area contributed by atoms with Crippen molar-refractivity contribution in [2.75, 3.05) is 0 Å². The first-order valence-corrected chi connectivity index (χ1v) is 16.9. The first-order valence-electron chi connectivity index (χ1n) is 16.9. The predicted octanol–water partition coefficient (Wildman–Crippen LogP) is 13.1. The third-order valence-corrected chi connectivity index (χ3v) is 9.64. The van der Waals surface area contributed by atoms with Gasteiger partial charge in [0.15, 0.2) is 0 Å². The molecule has 1 heterocycles. The minimum atomic E-state index is 1.15. The lowest BCUT2D eigenvalue weighted by atomic mass is 9.92. The van der Waals surface area contributed by atoms with Gasteiger partial charge < -0.3 is 4.57 Å². The van der Waals surface area contributed by atoms with Gasteiger partial charge >= 0.3 is 0 Å². The van der Waals surface area contributed by atoms with Crippen molar-refractivity contribution in [1.29, 1.82) is 0 Å². The van der Waals surface area contributed by atoms with Gasteiger partial charge in [0.2, 0.25) is 0 Å². The van der Waals surface area contributed by atoms with Crippen LogP contribution in [0.2, 0.25) is 0 Å². The summed E-state index contributed by atoms with van der Waals surface area (Å²) >= 11 is 0. The molecule has 0 aliphatic heterocycles. The normalized spacial score (nSPS) is 11.3. The van der Waals surface area contributed by atoms with Gasteiger partial charge in [0.25, 0.3) is 0 Å². The molecule has 0 aliphatic carbocycles. The van der Waals surface area contributed by atoms with Gasteiger partial charge in [-0.25, -0.2) is 0 Å². The summed E-state index contributed by atoms with van der Waals surface area (Å²) in [5.74, 6) is 0. The first-order chi connectivity index (χ1) is 24.3. The summed E-state index contributed by atoms with van der Waals surface area (Å²) in [6, 6.07) is 72.3. The van der Waals surface area contributed by atoms with Crippen LogP contribution in [0.3, 0.4) is 0 Å². The van der Waals surface area contributed by atoms with Crippen LogP contribution in [-0.4, -0.2) is 4.57 Å². The smallest absolute Gasteiger partial charge is 0.0541 e. The van der Waals surface area contributed by atoms with E-state index in [2.05, 4.69) is 205 Å². The fraction of sp³-hybridized carbons (Fsp3) is 0. The van der Waals surface area contributed by atoms with Gasteiger partial charge in [-0.2, -0.15) is 0 Å². The van der Waals surface area contributed by atoms with Crippen molar-refractivity contribution < 1.29 is 0 Å². The lowest BCUT2D eigenvalue weighted by molar-refractivity contribution is 1.18. The molecule has 9 rings (SSSR count). The number of aromatic nitrogens is 1. The van der Waals surface area contributed by atoms with Gasteiger partial charge in [-0.1, -0.05) is 164 Å². The van der Waals surface area contributed by atoms with Crippen molar-refractivity contribution in [3.8, 4) is 61.3 Å². The molecule has 230 valence electrons. The van der Waals surface area contributed by atoms with E-state index in [0.717, 1.165) is 5.69 Å². The number of hydrogen-bond donors (Lipinski definition) is 0. The van der Waals surface area contributed by atoms with Crippen molar-refractivity contribution in [3.05, 3.63) is 200 Å². The Bertz CT molecular complexity index is 2420. The predicted molar refractivity (Wildman–Crippen MR) is 208 cm³/mol. The summed E-state index contributed by atoms with van der Waals surface area (Å²) in [5.41, 5.74) is 15.8. The molecule has 1 nitrogen and oxygen atoms in total. The van der Waals surface area contributed by atoms with E-state index in [-0.39, 0.29) is 0 Å². The Morgan fingerprint density at radius 1 is 0.245 bits per heavy atom. The van der Waals surface area contributed by atoms with E-state index in [1.54, 1.807) is 0 Å². The van der Waals surface area contributed by atoms with Crippen molar-refractivity contribution in [3.63, 3.8) is 0 Å². The Balaban J connectivity index is 1.26. The second-order valence-electron chi connectivity index (χ2n) is 12.5. The second kappa shape index (κ2) is 12.3. The third-order valence-electron chi connectivity index (χ3n) is 9.64. The van der Waals surface area contributed by atoms with Gasteiger partial charge in [-0.15, -0.1) is 0 Å². The van der Waals surface area contributed by atoms with Crippen molar-refractivity contribution in [2.45, 2.75) is 0 Å². The highest BCUT2D eigenvalue weighted by molar-refractivity contribution is 6.12. The summed E-state index contributed by atoms with van der Waals surface area (Å²) in [4.78, 5) is 0. The molecule has 0 radical (unpaired) electrons. The van der Waals surface area contributed by atoms with Crippen molar-refractivity contribution >= 4 is 21.8 Å². The fourth-order valence-electron chi connectivity index (χ4n) is 7.28. The number of nitrogens with zero attached hydrogens (tertiary/aromatic N) is 1. The quantitative estimate of drug-likeness (QED) is 0.174. The first kappa shape index (κ1) is 28.8. The molecule has 1 aromatic heterocycles. The Labute approximate surface area is 287 Å². The van der Waals surface area contributed by atoms with E-state index in [0.29, 0.717) is 0 Å². The maximum absolute atomic E-state index is 2.42. The highest BCUT2D eigenvalue weighted by atomic mass is 15.0. The van der Waals surface area contributed by atoms with Crippen LogP contribution >= 0.6 is 0 Å². The van der Waals surface area contributed by atoms with Gasteiger partial charge in [0.05, 0.1) is 11.0 Å². The van der Waals surface area contributed by atoms with Gasteiger partial charge in [0.1, 0.15) is 0 Å². The van der Waals surface area contributed by atoms with Crippen LogP contribution in [0.5, 0.6) is 0 Å². The number of benzene rings is 8. The molecule has 0 N–H and O–H groups in total. The molecular weight excluding hydrogens is 591 g/mol. The summed E-state index contributed by atoms with van der Waals surface area (Å²) in [6.07, 6.45) is 0. The Hall–Kier alpha value is -6.44. The van der Waals surface area contributed by atoms with E-state index < -0.39 is 0 Å². The maximum atomic E-state index is 2.42. The standard InChI is InChI=1S/C48H33N/c1-4-14-34(15-5-1)35-24-28-40(29-25-35)49-47-30-26-38(43-22-12-10-20-41(43)36-16-6-2-7-17-36)32-45(47)46-33-39(27-31-48(46)49)44-23-13-11-21-42(44)37-18-8-3-9-19-37/h1-33H. The van der Waals surface area contributed by atoms with E-state index in [4.69, 9.17) is 0 Å². The summed E-state index contributed by atoms with van der Waals surface area (Å²) < 4.78 is 2.42. The molecule has 0 saturated carbocycles. The molecular formula is C48H33N. The van der Waals surface area contributed by atoms with Crippen LogP contribution in [0.1, 0.15) is 0 Å². The molecule has 0 aliphatic rings. The average molecular weight is 624 g/mol. The molecule has 49 heavy (non-hydrogen) atoms. The number of rotatable bonds is 6. The van der Waals surface area contributed by atoms with Gasteiger partial charge in [0, 0.05) is 16.5 Å².